The zero-order valence-electron chi connectivity index (χ0n) is 16.6. The number of carboxylic acids is 1. The monoisotopic (exact) mass is 414 g/mol. The maximum Gasteiger partial charge on any atom is 0.329 e. The van der Waals surface area contributed by atoms with Gasteiger partial charge in [-0.3, -0.25) is 14.9 Å². The average Bonchev–Trinajstić information content (AvgIpc) is 3.24. The molecule has 0 saturated heterocycles. The van der Waals surface area contributed by atoms with Crippen LogP contribution in [0.2, 0.25) is 0 Å². The van der Waals surface area contributed by atoms with E-state index in [9.17, 15) is 19.7 Å². The molecule has 10 heteroatoms. The van der Waals surface area contributed by atoms with Gasteiger partial charge in [0.1, 0.15) is 18.9 Å². The lowest BCUT2D eigenvalue weighted by Gasteiger charge is -2.15. The van der Waals surface area contributed by atoms with Crippen LogP contribution in [-0.2, 0) is 14.3 Å². The summed E-state index contributed by atoms with van der Waals surface area (Å²) in [6.07, 6.45) is 4.46. The van der Waals surface area contributed by atoms with Gasteiger partial charge in [-0.2, -0.15) is 5.10 Å². The Balaban J connectivity index is 1.73. The van der Waals surface area contributed by atoms with Crippen molar-refractivity contribution in [2.75, 3.05) is 13.2 Å². The van der Waals surface area contributed by atoms with Gasteiger partial charge in [-0.25, -0.2) is 9.48 Å². The molecule has 0 spiro atoms. The fourth-order valence-electron chi connectivity index (χ4n) is 3.72. The van der Waals surface area contributed by atoms with E-state index in [1.54, 1.807) is 22.9 Å². The van der Waals surface area contributed by atoms with Crippen LogP contribution >= 0.6 is 0 Å². The Bertz CT molecular complexity index is 1010. The summed E-state index contributed by atoms with van der Waals surface area (Å²) in [7, 11) is 0. The van der Waals surface area contributed by atoms with Crippen molar-refractivity contribution < 1.29 is 24.4 Å². The number of nitro benzene ring substituents is 1. The Morgan fingerprint density at radius 3 is 2.73 bits per heavy atom. The van der Waals surface area contributed by atoms with E-state index in [0.29, 0.717) is 12.1 Å². The number of carbonyl (C=O) groups excluding carboxylic acids is 1. The minimum absolute atomic E-state index is 0.00763. The molecule has 2 N–H and O–H groups in total. The molecule has 1 aromatic carbocycles. The second-order valence-corrected chi connectivity index (χ2v) is 7.03. The van der Waals surface area contributed by atoms with E-state index >= 15 is 0 Å². The van der Waals surface area contributed by atoms with Gasteiger partial charge in [-0.1, -0.05) is 24.3 Å². The number of rotatable bonds is 8. The first kappa shape index (κ1) is 21.2. The number of aryl methyl sites for hydroxylation is 1. The van der Waals surface area contributed by atoms with Gasteiger partial charge in [-0.15, -0.1) is 0 Å². The number of carbonyl (C=O) groups is 2. The number of nitro groups is 1. The zero-order valence-corrected chi connectivity index (χ0v) is 16.6. The number of ether oxygens (including phenoxy) is 1. The quantitative estimate of drug-likeness (QED) is 0.383. The summed E-state index contributed by atoms with van der Waals surface area (Å²) in [5.41, 5.74) is 2.90. The Morgan fingerprint density at radius 2 is 2.03 bits per heavy atom. The molecular weight excluding hydrogens is 392 g/mol. The molecule has 3 rings (SSSR count). The molecule has 1 amide bonds. The predicted octanol–water partition coefficient (Wildman–Crippen LogP) is 2.03. The van der Waals surface area contributed by atoms with Gasteiger partial charge in [0, 0.05) is 29.3 Å². The molecule has 0 unspecified atom stereocenters. The topological polar surface area (TPSA) is 137 Å². The van der Waals surface area contributed by atoms with Crippen LogP contribution in [0.4, 0.5) is 5.69 Å². The average molecular weight is 414 g/mol. The van der Waals surface area contributed by atoms with Crippen molar-refractivity contribution in [1.29, 1.82) is 0 Å². The van der Waals surface area contributed by atoms with Crippen LogP contribution in [0.15, 0.2) is 36.4 Å². The molecule has 1 aliphatic rings. The van der Waals surface area contributed by atoms with Crippen molar-refractivity contribution in [3.63, 3.8) is 0 Å². The maximum absolute atomic E-state index is 11.9. The summed E-state index contributed by atoms with van der Waals surface area (Å²) in [5.74, 6) is -1.53. The summed E-state index contributed by atoms with van der Waals surface area (Å²) in [6.45, 7) is 2.87. The number of hydrogen-bond acceptors (Lipinski definition) is 6. The van der Waals surface area contributed by atoms with Crippen molar-refractivity contribution in [3.8, 4) is 5.69 Å². The van der Waals surface area contributed by atoms with E-state index in [1.165, 1.54) is 6.07 Å². The van der Waals surface area contributed by atoms with Crippen LogP contribution < -0.4 is 5.32 Å². The third kappa shape index (κ3) is 4.54. The molecule has 30 heavy (non-hydrogen) atoms. The first-order valence-corrected chi connectivity index (χ1v) is 9.35. The fraction of sp³-hybridized carbons (Fsp3) is 0.350. The summed E-state index contributed by atoms with van der Waals surface area (Å²) < 4.78 is 6.38. The molecule has 0 radical (unpaired) electrons. The number of hydrogen-bond donors (Lipinski definition) is 2. The molecule has 2 aromatic rings. The van der Waals surface area contributed by atoms with Crippen molar-refractivity contribution in [3.05, 3.63) is 63.5 Å². The maximum atomic E-state index is 11.9. The van der Waals surface area contributed by atoms with E-state index in [4.69, 9.17) is 9.84 Å². The molecule has 0 saturated carbocycles. The lowest BCUT2D eigenvalue weighted by molar-refractivity contribution is -0.384. The Hall–Kier alpha value is -3.53. The lowest BCUT2D eigenvalue weighted by atomic mass is 9.96. The first-order valence-electron chi connectivity index (χ1n) is 9.35. The largest absolute Gasteiger partial charge is 0.480 e. The molecule has 0 aliphatic heterocycles. The number of aliphatic carboxylic acids is 1. The van der Waals surface area contributed by atoms with E-state index in [1.807, 2.05) is 26.0 Å². The summed E-state index contributed by atoms with van der Waals surface area (Å²) in [5, 5.41) is 27.2. The van der Waals surface area contributed by atoms with Gasteiger partial charge in [-0.05, 0) is 26.3 Å². The van der Waals surface area contributed by atoms with Gasteiger partial charge in [0.2, 0.25) is 5.91 Å². The van der Waals surface area contributed by atoms with Gasteiger partial charge < -0.3 is 15.2 Å². The minimum Gasteiger partial charge on any atom is -0.480 e. The Kier molecular flexibility index (Phi) is 6.26. The second-order valence-electron chi connectivity index (χ2n) is 7.03. The van der Waals surface area contributed by atoms with Gasteiger partial charge >= 0.3 is 5.97 Å². The van der Waals surface area contributed by atoms with Crippen molar-refractivity contribution in [2.24, 2.45) is 0 Å². The first-order chi connectivity index (χ1) is 14.3. The van der Waals surface area contributed by atoms with Crippen LogP contribution in [0.5, 0.6) is 0 Å². The lowest BCUT2D eigenvalue weighted by Crippen LogP contribution is -2.35. The number of allylic oxidation sites excluding steroid dienone is 1. The molecule has 10 nitrogen and oxygen atoms in total. The number of carboxylic acid groups (broad SMARTS) is 1. The van der Waals surface area contributed by atoms with Crippen molar-refractivity contribution >= 4 is 17.6 Å². The van der Waals surface area contributed by atoms with E-state index in [0.717, 1.165) is 17.0 Å². The van der Waals surface area contributed by atoms with Crippen LogP contribution in [0.25, 0.3) is 5.69 Å². The number of aromatic nitrogens is 2. The molecule has 2 atom stereocenters. The van der Waals surface area contributed by atoms with Crippen LogP contribution in [0.3, 0.4) is 0 Å². The number of amides is 1. The van der Waals surface area contributed by atoms with Crippen LogP contribution in [0, 0.1) is 24.0 Å². The molecule has 0 fully saturated rings. The Labute approximate surface area is 172 Å². The highest BCUT2D eigenvalue weighted by Gasteiger charge is 2.28. The second kappa shape index (κ2) is 8.87. The van der Waals surface area contributed by atoms with E-state index in [-0.39, 0.29) is 24.3 Å². The van der Waals surface area contributed by atoms with E-state index in [2.05, 4.69) is 10.4 Å². The highest BCUT2D eigenvalue weighted by atomic mass is 16.6. The smallest absolute Gasteiger partial charge is 0.329 e. The minimum atomic E-state index is -1.13. The highest BCUT2D eigenvalue weighted by molar-refractivity contribution is 5.78. The van der Waals surface area contributed by atoms with Gasteiger partial charge in [0.15, 0.2) is 0 Å². The van der Waals surface area contributed by atoms with Crippen LogP contribution in [-0.4, -0.2) is 50.9 Å². The third-order valence-corrected chi connectivity index (χ3v) is 4.91. The Morgan fingerprint density at radius 1 is 1.30 bits per heavy atom. The molecule has 1 aromatic heterocycles. The highest BCUT2D eigenvalue weighted by Crippen LogP contribution is 2.35. The fourth-order valence-corrected chi connectivity index (χ4v) is 3.72. The van der Waals surface area contributed by atoms with Crippen LogP contribution in [0.1, 0.15) is 29.3 Å². The zero-order chi connectivity index (χ0) is 21.8. The SMILES string of the molecule is Cc1nn(-c2ccccc2[N+](=O)[O-])c(C)c1[C@@H]1C=C[C@@H](NC(=O)COCC(=O)O)C1. The molecule has 1 heterocycles. The third-order valence-electron chi connectivity index (χ3n) is 4.91. The van der Waals surface area contributed by atoms with Crippen molar-refractivity contribution in [2.45, 2.75) is 32.2 Å². The number of nitrogens with one attached hydrogen (secondary N) is 1. The van der Waals surface area contributed by atoms with Gasteiger partial charge in [0.05, 0.1) is 10.6 Å². The summed E-state index contributed by atoms with van der Waals surface area (Å²) in [4.78, 5) is 33.3. The predicted molar refractivity (Wildman–Crippen MR) is 107 cm³/mol. The number of benzene rings is 1. The standard InChI is InChI=1S/C20H22N4O6/c1-12-20(13(2)23(22-12)16-5-3-4-6-17(16)24(28)29)14-7-8-15(9-14)21-18(25)10-30-11-19(26)27/h3-8,14-15H,9-11H2,1-2H3,(H,21,25)(H,26,27)/t14-,15-/m1/s1. The molecule has 1 aliphatic carbocycles. The summed E-state index contributed by atoms with van der Waals surface area (Å²) >= 11 is 0. The summed E-state index contributed by atoms with van der Waals surface area (Å²) in [6, 6.07) is 6.22. The normalized spacial score (nSPS) is 17.8. The van der Waals surface area contributed by atoms with E-state index < -0.39 is 23.4 Å². The van der Waals surface area contributed by atoms with Gasteiger partial charge in [0.25, 0.3) is 5.69 Å². The molecule has 158 valence electrons. The number of nitrogens with zero attached hydrogens (tertiary/aromatic N) is 3. The number of para-hydroxylation sites is 2. The molecular formula is C20H22N4O6. The molecule has 0 bridgehead atoms. The van der Waals surface area contributed by atoms with Crippen molar-refractivity contribution in [1.82, 2.24) is 15.1 Å².